The van der Waals surface area contributed by atoms with E-state index in [2.05, 4.69) is 22.3 Å². The molecule has 0 radical (unpaired) electrons. The largest absolute Gasteiger partial charge is 0.368 e. The van der Waals surface area contributed by atoms with Gasteiger partial charge in [0.1, 0.15) is 0 Å². The second-order valence-electron chi connectivity index (χ2n) is 6.76. The first-order valence-corrected chi connectivity index (χ1v) is 8.46. The Bertz CT molecular complexity index is 490. The highest BCUT2D eigenvalue weighted by Crippen LogP contribution is 2.39. The lowest BCUT2D eigenvalue weighted by atomic mass is 10.1. The Morgan fingerprint density at radius 2 is 1.90 bits per heavy atom. The Morgan fingerprint density at radius 3 is 2.55 bits per heavy atom. The Hall–Kier alpha value is -0.730. The number of hydrogen-bond donors (Lipinski definition) is 1. The molecule has 0 spiro atoms. The molecule has 1 aromatic carbocycles. The van der Waals surface area contributed by atoms with Crippen molar-refractivity contribution < 1.29 is 0 Å². The summed E-state index contributed by atoms with van der Waals surface area (Å²) in [5.74, 6) is 0.929. The molecule has 0 bridgehead atoms. The van der Waals surface area contributed by atoms with Crippen LogP contribution >= 0.6 is 11.6 Å². The molecule has 0 aromatic heterocycles. The van der Waals surface area contributed by atoms with Gasteiger partial charge in [-0.05, 0) is 62.1 Å². The zero-order valence-corrected chi connectivity index (χ0v) is 12.7. The van der Waals surface area contributed by atoms with Crippen molar-refractivity contribution in [1.29, 1.82) is 0 Å². The van der Waals surface area contributed by atoms with Crippen LogP contribution in [0.3, 0.4) is 0 Å². The third-order valence-corrected chi connectivity index (χ3v) is 4.89. The fourth-order valence-electron chi connectivity index (χ4n) is 2.90. The monoisotopic (exact) mass is 290 g/mol. The summed E-state index contributed by atoms with van der Waals surface area (Å²) in [6.07, 6.45) is 8.23. The van der Waals surface area contributed by atoms with Gasteiger partial charge in [0, 0.05) is 35.9 Å². The Kier molecular flexibility index (Phi) is 3.39. The van der Waals surface area contributed by atoms with Crippen molar-refractivity contribution in [3.05, 3.63) is 28.8 Å². The van der Waals surface area contributed by atoms with Gasteiger partial charge in [-0.2, -0.15) is 0 Å². The van der Waals surface area contributed by atoms with Gasteiger partial charge in [-0.15, -0.1) is 0 Å². The lowest BCUT2D eigenvalue weighted by Crippen LogP contribution is -2.30. The number of nitrogens with zero attached hydrogens (tertiary/aromatic N) is 1. The minimum Gasteiger partial charge on any atom is -0.368 e. The van der Waals surface area contributed by atoms with Crippen LogP contribution in [0.5, 0.6) is 0 Å². The highest BCUT2D eigenvalue weighted by atomic mass is 35.5. The van der Waals surface area contributed by atoms with Gasteiger partial charge in [0.05, 0.1) is 0 Å². The van der Waals surface area contributed by atoms with Crippen LogP contribution in [0.4, 0.5) is 5.69 Å². The molecule has 0 unspecified atom stereocenters. The van der Waals surface area contributed by atoms with Gasteiger partial charge in [-0.25, -0.2) is 0 Å². The maximum atomic E-state index is 6.27. The second kappa shape index (κ2) is 5.23. The highest BCUT2D eigenvalue weighted by molar-refractivity contribution is 6.30. The predicted molar refractivity (Wildman–Crippen MR) is 84.4 cm³/mol. The number of anilines is 1. The lowest BCUT2D eigenvalue weighted by molar-refractivity contribution is 0.673. The van der Waals surface area contributed by atoms with Gasteiger partial charge in [-0.1, -0.05) is 17.7 Å². The molecule has 0 atom stereocenters. The van der Waals surface area contributed by atoms with Crippen molar-refractivity contribution in [2.24, 2.45) is 5.92 Å². The number of hydrogen-bond acceptors (Lipinski definition) is 2. The molecule has 3 aliphatic carbocycles. The summed E-state index contributed by atoms with van der Waals surface area (Å²) < 4.78 is 0. The van der Waals surface area contributed by atoms with E-state index in [0.29, 0.717) is 0 Å². The van der Waals surface area contributed by atoms with Crippen LogP contribution in [0.1, 0.15) is 44.1 Å². The minimum atomic E-state index is 0.760. The van der Waals surface area contributed by atoms with Crippen LogP contribution < -0.4 is 10.2 Å². The molecule has 0 amide bonds. The molecule has 1 aromatic rings. The van der Waals surface area contributed by atoms with Crippen molar-refractivity contribution in [2.75, 3.05) is 11.4 Å². The van der Waals surface area contributed by atoms with E-state index in [4.69, 9.17) is 11.6 Å². The van der Waals surface area contributed by atoms with Gasteiger partial charge in [0.2, 0.25) is 0 Å². The van der Waals surface area contributed by atoms with Crippen LogP contribution in [0.15, 0.2) is 18.2 Å². The topological polar surface area (TPSA) is 15.3 Å². The number of nitrogens with one attached hydrogen (secondary N) is 1. The summed E-state index contributed by atoms with van der Waals surface area (Å²) >= 11 is 6.27. The summed E-state index contributed by atoms with van der Waals surface area (Å²) in [7, 11) is 0. The molecule has 3 aliphatic rings. The van der Waals surface area contributed by atoms with Gasteiger partial charge >= 0.3 is 0 Å². The molecule has 0 heterocycles. The van der Waals surface area contributed by atoms with E-state index in [0.717, 1.165) is 29.6 Å². The molecule has 0 aliphatic heterocycles. The molecule has 3 fully saturated rings. The van der Waals surface area contributed by atoms with E-state index in [9.17, 15) is 0 Å². The Morgan fingerprint density at radius 1 is 1.10 bits per heavy atom. The first kappa shape index (κ1) is 13.0. The van der Waals surface area contributed by atoms with E-state index >= 15 is 0 Å². The third-order valence-electron chi connectivity index (χ3n) is 4.65. The van der Waals surface area contributed by atoms with Crippen LogP contribution in [-0.2, 0) is 6.54 Å². The van der Waals surface area contributed by atoms with Crippen molar-refractivity contribution in [1.82, 2.24) is 5.32 Å². The lowest BCUT2D eigenvalue weighted by Gasteiger charge is -2.27. The van der Waals surface area contributed by atoms with Gasteiger partial charge < -0.3 is 10.2 Å². The van der Waals surface area contributed by atoms with Crippen LogP contribution in [0, 0.1) is 5.92 Å². The maximum Gasteiger partial charge on any atom is 0.0429 e. The van der Waals surface area contributed by atoms with E-state index in [-0.39, 0.29) is 0 Å². The van der Waals surface area contributed by atoms with E-state index in [1.807, 2.05) is 6.07 Å². The maximum absolute atomic E-state index is 6.27. The minimum absolute atomic E-state index is 0.760. The first-order valence-electron chi connectivity index (χ1n) is 8.08. The molecule has 3 heteroatoms. The van der Waals surface area contributed by atoms with Crippen molar-refractivity contribution >= 4 is 17.3 Å². The third kappa shape index (κ3) is 3.12. The molecule has 108 valence electrons. The normalized spacial score (nSPS) is 22.1. The van der Waals surface area contributed by atoms with Crippen LogP contribution in [-0.4, -0.2) is 18.6 Å². The first-order chi connectivity index (χ1) is 9.79. The van der Waals surface area contributed by atoms with E-state index in [1.54, 1.807) is 0 Å². The Balaban J connectivity index is 1.56. The SMILES string of the molecule is Clc1ccc(CNC2CC2)c(N(CC2CC2)C2CC2)c1. The molecule has 2 nitrogen and oxygen atoms in total. The smallest absolute Gasteiger partial charge is 0.0429 e. The highest BCUT2D eigenvalue weighted by Gasteiger charge is 2.34. The average Bonchev–Trinajstić information content (AvgIpc) is 3.24. The van der Waals surface area contributed by atoms with E-state index in [1.165, 1.54) is 56.3 Å². The fourth-order valence-corrected chi connectivity index (χ4v) is 3.07. The molecule has 1 N–H and O–H groups in total. The Labute approximate surface area is 126 Å². The fraction of sp³-hybridized carbons (Fsp3) is 0.647. The van der Waals surface area contributed by atoms with Gasteiger partial charge in [0.25, 0.3) is 0 Å². The summed E-state index contributed by atoms with van der Waals surface area (Å²) in [4.78, 5) is 2.65. The summed E-state index contributed by atoms with van der Waals surface area (Å²) in [6, 6.07) is 7.98. The molecule has 3 saturated carbocycles. The number of benzene rings is 1. The van der Waals surface area contributed by atoms with Crippen LogP contribution in [0.2, 0.25) is 5.02 Å². The van der Waals surface area contributed by atoms with Crippen molar-refractivity contribution in [2.45, 2.75) is 57.2 Å². The van der Waals surface area contributed by atoms with Gasteiger partial charge in [0.15, 0.2) is 0 Å². The molecule has 20 heavy (non-hydrogen) atoms. The summed E-state index contributed by atoms with van der Waals surface area (Å²) in [5, 5.41) is 4.52. The number of halogens is 1. The number of rotatable bonds is 7. The zero-order chi connectivity index (χ0) is 13.5. The quantitative estimate of drug-likeness (QED) is 0.817. The molecule has 4 rings (SSSR count). The van der Waals surface area contributed by atoms with E-state index < -0.39 is 0 Å². The summed E-state index contributed by atoms with van der Waals surface area (Å²) in [6.45, 7) is 2.23. The predicted octanol–water partition coefficient (Wildman–Crippen LogP) is 3.97. The average molecular weight is 291 g/mol. The second-order valence-corrected chi connectivity index (χ2v) is 7.19. The zero-order valence-electron chi connectivity index (χ0n) is 11.9. The van der Waals surface area contributed by atoms with Crippen LogP contribution in [0.25, 0.3) is 0 Å². The molecular weight excluding hydrogens is 268 g/mol. The van der Waals surface area contributed by atoms with Crippen molar-refractivity contribution in [3.8, 4) is 0 Å². The summed E-state index contributed by atoms with van der Waals surface area (Å²) in [5.41, 5.74) is 2.81. The molecule has 0 saturated heterocycles. The van der Waals surface area contributed by atoms with Crippen molar-refractivity contribution in [3.63, 3.8) is 0 Å². The molecular formula is C17H23ClN2. The van der Waals surface area contributed by atoms with Gasteiger partial charge in [-0.3, -0.25) is 0 Å². The standard InChI is InChI=1S/C17H23ClN2/c18-14-4-3-13(10-19-15-5-6-15)17(9-14)20(16-7-8-16)11-12-1-2-12/h3-4,9,12,15-16,19H,1-2,5-8,10-11H2.